The van der Waals surface area contributed by atoms with Crippen molar-refractivity contribution in [3.63, 3.8) is 0 Å². The fourth-order valence-electron chi connectivity index (χ4n) is 12.9. The van der Waals surface area contributed by atoms with Gasteiger partial charge >= 0.3 is 0 Å². The molecule has 18 nitrogen and oxygen atoms in total. The predicted octanol–water partition coefficient (Wildman–Crippen LogP) is 16.1. The van der Waals surface area contributed by atoms with E-state index in [1.54, 1.807) is 72.5 Å². The van der Waals surface area contributed by atoms with Crippen LogP contribution in [-0.2, 0) is 59.0 Å². The van der Waals surface area contributed by atoms with E-state index in [4.69, 9.17) is 71.3 Å². The summed E-state index contributed by atoms with van der Waals surface area (Å²) in [6.45, 7) is -12.8. The zero-order valence-electron chi connectivity index (χ0n) is 117. The monoisotopic (exact) mass is 1740 g/mol. The van der Waals surface area contributed by atoms with E-state index in [0.717, 1.165) is 113 Å². The standard InChI is InChI=1S/6C15H23NO2S/c6*1-3-9-16-10-5-7-14(12-16)13-6-4-8-15(11-13)19(2,17)18/h6*4,6,8,11,14H,3,5,7,9-10,12H2,1-2H3/t6*14-/m110000/s1/i2D3,3D2,4D,5D2,6D,7D2,8D,9D2,10D2,11D,12D2,14D;2D3,4D,5D2,6D,7D2,8D,9D2,10D2,11D,12D2,14D;3D2,9D2;2D3,9D2;9D2;2D3. The van der Waals surface area contributed by atoms with Crippen molar-refractivity contribution in [1.82, 2.24) is 29.4 Å². The van der Waals surface area contributed by atoms with Gasteiger partial charge in [0.25, 0.3) is 0 Å². The molecule has 0 N–H and O–H groups in total. The van der Waals surface area contributed by atoms with Gasteiger partial charge in [0, 0.05) is 137 Å². The van der Waals surface area contributed by atoms with Crippen molar-refractivity contribution in [3.8, 4) is 0 Å². The Morgan fingerprint density at radius 3 is 1.00 bits per heavy atom. The molecule has 636 valence electrons. The number of likely N-dealkylation sites (tertiary alicyclic amines) is 6. The molecule has 0 bridgehead atoms. The lowest BCUT2D eigenvalue weighted by atomic mass is 9.90. The van der Waals surface area contributed by atoms with Crippen LogP contribution < -0.4 is 0 Å². The zero-order valence-corrected chi connectivity index (χ0v) is 69.8. The summed E-state index contributed by atoms with van der Waals surface area (Å²) < 4.78 is 561. The van der Waals surface area contributed by atoms with Crippen LogP contribution >= 0.6 is 0 Å². The molecular formula is C90H138N6O12S6. The van der Waals surface area contributed by atoms with Crippen molar-refractivity contribution >= 4 is 59.0 Å². The number of benzene rings is 6. The molecule has 6 saturated heterocycles. The highest BCUT2D eigenvalue weighted by molar-refractivity contribution is 7.92. The fraction of sp³-hybridized carbons (Fsp3) is 0.600. The first kappa shape index (κ1) is 45.4. The summed E-state index contributed by atoms with van der Waals surface area (Å²) in [6.07, 6.45) is -25.0. The van der Waals surface area contributed by atoms with Gasteiger partial charge in [0.15, 0.2) is 59.0 Å². The lowest BCUT2D eigenvalue weighted by Crippen LogP contribution is -2.34. The Hall–Kier alpha value is -5.22. The van der Waals surface area contributed by atoms with Gasteiger partial charge in [0.05, 0.1) is 40.3 Å². The van der Waals surface area contributed by atoms with Crippen LogP contribution in [0.15, 0.2) is 175 Å². The topological polar surface area (TPSA) is 224 Å². The first-order valence-electron chi connectivity index (χ1n) is 62.8. The average molecular weight is 1740 g/mol. The Kier molecular flexibility index (Phi) is 18.5. The first-order valence-corrected chi connectivity index (χ1v) is 46.5. The number of rotatable bonds is 24. The van der Waals surface area contributed by atoms with Crippen LogP contribution in [0.25, 0.3) is 0 Å². The normalized spacial score (nSPS) is 34.3. The molecule has 6 aliphatic heterocycles. The van der Waals surface area contributed by atoms with Gasteiger partial charge in [-0.3, -0.25) is 0 Å². The SMILES string of the molecule is [2H]C([2H])(C)C([2H])([2H])N1CCC[C@H](c2cccc(S(C)(=O)=O)c2)C1.[2H]C([2H])(CC)N1CCC[C@H](c2cccc(S(=O)(=O)C([2H])([2H])[2H])c2)C1.[2H]C([2H])(CC)N1CCC[C@H](c2cccc(S(C)(=O)=O)c2)C1.[2H]C([2H])([2H])S(=O)(=O)c1cccc([C@H]2CCCN(CCC)C2)c1.[2H]c1c([2H])c([C@@]2([2H])C([2H])([2H])N(C([2H])([2H])C([2H])([2H])C)C([2H])([2H])C([2H])([2H])C2([2H])[2H])c([2H])c(S(=O)(=O)C([2H])([2H])[2H])c1[2H].[2H]c1c([2H])c([C@@]2([2H])C([2H])([2H])N(C([2H])([2H])CC)C([2H])([2H])C([2H])([2H])C2([2H])[2H])c([2H])c(S(=O)(=O)C([2H])([2H])[2H])c1[2H]. The van der Waals surface area contributed by atoms with Gasteiger partial charge in [0.2, 0.25) is 0 Å². The highest BCUT2D eigenvalue weighted by Crippen LogP contribution is 2.35. The molecule has 6 aromatic rings. The maximum atomic E-state index is 12.8. The van der Waals surface area contributed by atoms with Crippen molar-refractivity contribution in [1.29, 1.82) is 0 Å². The maximum absolute atomic E-state index is 12.8. The van der Waals surface area contributed by atoms with E-state index in [-0.39, 0.29) is 38.4 Å². The first-order chi connectivity index (χ1) is 74.2. The Bertz CT molecular complexity index is 7240. The van der Waals surface area contributed by atoms with Crippen molar-refractivity contribution < 1.29 is 122 Å². The van der Waals surface area contributed by atoms with Crippen LogP contribution in [0.1, 0.15) is 297 Å². The zero-order chi connectivity index (χ0) is 129. The number of hydrogen-bond acceptors (Lipinski definition) is 18. The summed E-state index contributed by atoms with van der Waals surface area (Å²) in [4.78, 5) is 3.14. The molecular weight excluding hydrogens is 1550 g/mol. The molecule has 24 heteroatoms. The molecule has 6 aliphatic rings. The predicted molar refractivity (Wildman–Crippen MR) is 470 cm³/mol. The largest absolute Gasteiger partial charge is 0.303 e. The Labute approximate surface area is 763 Å². The van der Waals surface area contributed by atoms with Gasteiger partial charge in [0.1, 0.15) is 0 Å². The minimum Gasteiger partial charge on any atom is -0.303 e. The molecule has 114 heavy (non-hydrogen) atoms. The van der Waals surface area contributed by atoms with E-state index in [1.165, 1.54) is 42.5 Å². The molecule has 0 saturated carbocycles. The fourth-order valence-corrected chi connectivity index (χ4v) is 16.2. The van der Waals surface area contributed by atoms with Crippen molar-refractivity contribution in [2.75, 3.05) is 155 Å². The van der Waals surface area contributed by atoms with Gasteiger partial charge in [-0.05, 0) is 335 Å². The average Bonchev–Trinajstić information content (AvgIpc) is 0.652. The third-order valence-corrected chi connectivity index (χ3v) is 23.5. The second-order valence-electron chi connectivity index (χ2n) is 26.9. The van der Waals surface area contributed by atoms with Gasteiger partial charge in [-0.25, -0.2) is 50.5 Å². The summed E-state index contributed by atoms with van der Waals surface area (Å²) >= 11 is 0. The van der Waals surface area contributed by atoms with Crippen molar-refractivity contribution in [2.24, 2.45) is 0 Å². The third kappa shape index (κ3) is 32.1. The van der Waals surface area contributed by atoms with Crippen LogP contribution in [0.2, 0.25) is 0 Å². The van der Waals surface area contributed by atoms with E-state index in [0.29, 0.717) is 57.4 Å². The molecule has 0 spiro atoms. The van der Waals surface area contributed by atoms with Crippen molar-refractivity contribution in [2.45, 2.75) is 222 Å². The van der Waals surface area contributed by atoms with Gasteiger partial charge in [-0.15, -0.1) is 0 Å². The number of nitrogens with zero attached hydrogens (tertiary/aromatic N) is 6. The molecule has 6 aromatic carbocycles. The molecule has 12 rings (SSSR count). The van der Waals surface area contributed by atoms with Crippen LogP contribution in [0, 0.1) is 0 Å². The summed E-state index contributed by atoms with van der Waals surface area (Å²) in [5.41, 5.74) is 0.0726. The summed E-state index contributed by atoms with van der Waals surface area (Å²) in [7, 11) is -26.6. The Morgan fingerprint density at radius 2 is 0.675 bits per heavy atom. The minimum absolute atomic E-state index is 0.00266. The molecule has 6 fully saturated rings. The van der Waals surface area contributed by atoms with Crippen LogP contribution in [0.4, 0.5) is 0 Å². The number of piperidine rings is 6. The van der Waals surface area contributed by atoms with E-state index >= 15 is 0 Å². The highest BCUT2D eigenvalue weighted by atomic mass is 32.2. The Balaban J connectivity index is 0.000000272. The molecule has 0 aliphatic carbocycles. The quantitative estimate of drug-likeness (QED) is 0.0549. The summed E-state index contributed by atoms with van der Waals surface area (Å²) in [5, 5.41) is 0. The van der Waals surface area contributed by atoms with Crippen LogP contribution in [0.3, 0.4) is 0 Å². The molecule has 0 amide bonds. The summed E-state index contributed by atoms with van der Waals surface area (Å²) in [5.74, 6) is -7.86. The van der Waals surface area contributed by atoms with E-state index in [1.807, 2.05) is 30.0 Å². The van der Waals surface area contributed by atoms with E-state index < -0.39 is 278 Å². The molecule has 0 radical (unpaired) electrons. The van der Waals surface area contributed by atoms with Crippen molar-refractivity contribution in [3.05, 3.63) is 179 Å². The van der Waals surface area contributed by atoms with Gasteiger partial charge in [-0.2, -0.15) is 0 Å². The second kappa shape index (κ2) is 46.4. The molecule has 0 unspecified atom stereocenters. The molecule has 6 heterocycles. The third-order valence-electron chi connectivity index (χ3n) is 18.1. The highest BCUT2D eigenvalue weighted by Gasteiger charge is 2.29. The molecule has 6 atom stereocenters. The van der Waals surface area contributed by atoms with Crippen LogP contribution in [0.5, 0.6) is 0 Å². The second-order valence-corrected chi connectivity index (χ2v) is 36.7. The maximum Gasteiger partial charge on any atom is 0.175 e. The smallest absolute Gasteiger partial charge is 0.175 e. The van der Waals surface area contributed by atoms with Gasteiger partial charge in [-0.1, -0.05) is 114 Å². The Morgan fingerprint density at radius 1 is 0.377 bits per heavy atom. The summed E-state index contributed by atoms with van der Waals surface area (Å²) in [6, 6.07) is 13.7. The van der Waals surface area contributed by atoms with Gasteiger partial charge < -0.3 is 29.4 Å². The lowest BCUT2D eigenvalue weighted by Gasteiger charge is -2.32. The molecule has 0 aromatic heterocycles. The van der Waals surface area contributed by atoms with E-state index in [9.17, 15) is 50.5 Å². The van der Waals surface area contributed by atoms with Crippen LogP contribution in [-0.4, -0.2) is 235 Å². The number of sulfone groups is 6. The number of hydrogen-bond donors (Lipinski definition) is 0. The minimum atomic E-state index is -5.78. The lowest BCUT2D eigenvalue weighted by molar-refractivity contribution is 0.208. The van der Waals surface area contributed by atoms with E-state index in [2.05, 4.69) is 11.8 Å².